The highest BCUT2D eigenvalue weighted by Gasteiger charge is 2.39. The summed E-state index contributed by atoms with van der Waals surface area (Å²) in [5, 5.41) is 13.5. The fourth-order valence-corrected chi connectivity index (χ4v) is 4.05. The summed E-state index contributed by atoms with van der Waals surface area (Å²) in [5.74, 6) is 0. The van der Waals surface area contributed by atoms with Gasteiger partial charge < -0.3 is 0 Å². The normalized spacial score (nSPS) is 26.3. The number of nitrogens with one attached hydrogen (secondary N) is 1. The summed E-state index contributed by atoms with van der Waals surface area (Å²) in [7, 11) is 0. The van der Waals surface area contributed by atoms with Gasteiger partial charge in [0.25, 0.3) is 0 Å². The average molecular weight is 274 g/mol. The van der Waals surface area contributed by atoms with E-state index in [1.54, 1.807) is 0 Å². The quantitative estimate of drug-likeness (QED) is 0.884. The van der Waals surface area contributed by atoms with Crippen LogP contribution in [0.1, 0.15) is 38.2 Å². The Labute approximate surface area is 120 Å². The summed E-state index contributed by atoms with van der Waals surface area (Å²) < 4.78 is 0. The predicted molar refractivity (Wildman–Crippen MR) is 81.3 cm³/mol. The van der Waals surface area contributed by atoms with Crippen molar-refractivity contribution in [2.45, 2.75) is 55.2 Å². The first kappa shape index (κ1) is 14.4. The van der Waals surface area contributed by atoms with Crippen molar-refractivity contribution in [1.82, 2.24) is 5.32 Å². The van der Waals surface area contributed by atoms with Gasteiger partial charge in [-0.1, -0.05) is 24.6 Å². The summed E-state index contributed by atoms with van der Waals surface area (Å²) in [6, 6.07) is 11.2. The molecule has 0 amide bonds. The Kier molecular flexibility index (Phi) is 4.90. The minimum atomic E-state index is -0.280. The van der Waals surface area contributed by atoms with Crippen molar-refractivity contribution < 1.29 is 0 Å². The van der Waals surface area contributed by atoms with Crippen molar-refractivity contribution in [2.75, 3.05) is 6.54 Å². The fraction of sp³-hybridized carbons (Fsp3) is 0.562. The number of rotatable bonds is 5. The van der Waals surface area contributed by atoms with Gasteiger partial charge >= 0.3 is 0 Å². The van der Waals surface area contributed by atoms with E-state index < -0.39 is 0 Å². The van der Waals surface area contributed by atoms with Crippen molar-refractivity contribution in [3.8, 4) is 6.07 Å². The Hall–Kier alpha value is -0.980. The third-order valence-corrected chi connectivity index (χ3v) is 4.95. The van der Waals surface area contributed by atoms with Gasteiger partial charge in [-0.2, -0.15) is 5.26 Å². The lowest BCUT2D eigenvalue weighted by Crippen LogP contribution is -2.42. The molecule has 1 N–H and O–H groups in total. The minimum Gasteiger partial charge on any atom is -0.299 e. The van der Waals surface area contributed by atoms with Crippen LogP contribution in [0.5, 0.6) is 0 Å². The number of nitriles is 1. The van der Waals surface area contributed by atoms with Gasteiger partial charge in [-0.25, -0.2) is 0 Å². The van der Waals surface area contributed by atoms with Crippen LogP contribution in [0.25, 0.3) is 0 Å². The second-order valence-electron chi connectivity index (χ2n) is 5.42. The van der Waals surface area contributed by atoms with Gasteiger partial charge in [-0.15, -0.1) is 11.8 Å². The molecule has 1 aromatic carbocycles. The molecule has 0 aromatic heterocycles. The zero-order chi connectivity index (χ0) is 13.7. The molecule has 0 aliphatic heterocycles. The number of hydrogen-bond donors (Lipinski definition) is 1. The smallest absolute Gasteiger partial charge is 0.107 e. The van der Waals surface area contributed by atoms with Crippen LogP contribution in [0.3, 0.4) is 0 Å². The van der Waals surface area contributed by atoms with E-state index in [0.29, 0.717) is 5.25 Å². The summed E-state index contributed by atoms with van der Waals surface area (Å²) in [4.78, 5) is 1.33. The maximum Gasteiger partial charge on any atom is 0.107 e. The largest absolute Gasteiger partial charge is 0.299 e. The van der Waals surface area contributed by atoms with Gasteiger partial charge in [0, 0.05) is 10.1 Å². The molecule has 0 heterocycles. The Morgan fingerprint density at radius 1 is 1.53 bits per heavy atom. The maximum atomic E-state index is 9.45. The highest BCUT2D eigenvalue weighted by Crippen LogP contribution is 2.40. The molecule has 3 heteroatoms. The molecule has 2 rings (SSSR count). The summed E-state index contributed by atoms with van der Waals surface area (Å²) in [6.45, 7) is 5.21. The highest BCUT2D eigenvalue weighted by molar-refractivity contribution is 8.00. The monoisotopic (exact) mass is 274 g/mol. The van der Waals surface area contributed by atoms with Crippen LogP contribution in [0, 0.1) is 18.3 Å². The first-order valence-electron chi connectivity index (χ1n) is 7.07. The van der Waals surface area contributed by atoms with Crippen molar-refractivity contribution in [1.29, 1.82) is 5.26 Å². The zero-order valence-electron chi connectivity index (χ0n) is 11.8. The summed E-state index contributed by atoms with van der Waals surface area (Å²) in [6.07, 6.45) is 4.15. The molecule has 0 spiro atoms. The molecular weight excluding hydrogens is 252 g/mol. The molecule has 2 nitrogen and oxygen atoms in total. The van der Waals surface area contributed by atoms with Gasteiger partial charge in [0.15, 0.2) is 0 Å². The molecule has 0 saturated heterocycles. The maximum absolute atomic E-state index is 9.45. The molecule has 1 fully saturated rings. The second kappa shape index (κ2) is 6.45. The van der Waals surface area contributed by atoms with Gasteiger partial charge in [0.2, 0.25) is 0 Å². The van der Waals surface area contributed by atoms with E-state index in [0.717, 1.165) is 32.2 Å². The number of benzene rings is 1. The van der Waals surface area contributed by atoms with Gasteiger partial charge in [-0.05, 0) is 51.3 Å². The Bertz CT molecular complexity index is 466. The van der Waals surface area contributed by atoms with E-state index in [-0.39, 0.29) is 5.54 Å². The number of nitrogens with zero attached hydrogens (tertiary/aromatic N) is 1. The Balaban J connectivity index is 1.96. The molecular formula is C16H22N2S. The molecule has 2 unspecified atom stereocenters. The second-order valence-corrected chi connectivity index (χ2v) is 6.79. The summed E-state index contributed by atoms with van der Waals surface area (Å²) >= 11 is 1.93. The van der Waals surface area contributed by atoms with Gasteiger partial charge in [0.05, 0.1) is 6.07 Å². The van der Waals surface area contributed by atoms with E-state index >= 15 is 0 Å². The molecule has 1 aliphatic rings. The van der Waals surface area contributed by atoms with Crippen LogP contribution in [-0.4, -0.2) is 17.3 Å². The fourth-order valence-electron chi connectivity index (χ4n) is 2.65. The van der Waals surface area contributed by atoms with Gasteiger partial charge in [0.1, 0.15) is 5.54 Å². The van der Waals surface area contributed by atoms with Crippen molar-refractivity contribution in [3.05, 3.63) is 29.8 Å². The van der Waals surface area contributed by atoms with Crippen LogP contribution >= 0.6 is 11.8 Å². The van der Waals surface area contributed by atoms with Crippen molar-refractivity contribution in [3.63, 3.8) is 0 Å². The minimum absolute atomic E-state index is 0.280. The number of aryl methyl sites for hydroxylation is 1. The van der Waals surface area contributed by atoms with Crippen LogP contribution in [0.15, 0.2) is 29.2 Å². The first-order valence-corrected chi connectivity index (χ1v) is 7.95. The van der Waals surface area contributed by atoms with E-state index in [1.165, 1.54) is 10.5 Å². The van der Waals surface area contributed by atoms with E-state index in [1.807, 2.05) is 11.8 Å². The Morgan fingerprint density at radius 2 is 2.37 bits per heavy atom. The predicted octanol–water partition coefficient (Wildman–Crippen LogP) is 3.90. The number of hydrogen-bond acceptors (Lipinski definition) is 3. The molecule has 2 atom stereocenters. The molecule has 19 heavy (non-hydrogen) atoms. The average Bonchev–Trinajstić information content (AvgIpc) is 2.80. The molecule has 0 radical (unpaired) electrons. The van der Waals surface area contributed by atoms with E-state index in [9.17, 15) is 5.26 Å². The lowest BCUT2D eigenvalue weighted by Gasteiger charge is -2.22. The first-order chi connectivity index (χ1) is 9.17. The molecule has 1 saturated carbocycles. The van der Waals surface area contributed by atoms with Crippen LogP contribution in [-0.2, 0) is 0 Å². The molecule has 102 valence electrons. The SMILES string of the molecule is CCCNC1(C#N)CCC(Sc2cccc(C)c2)C1. The van der Waals surface area contributed by atoms with Crippen LogP contribution in [0.4, 0.5) is 0 Å². The molecule has 0 bridgehead atoms. The van der Waals surface area contributed by atoms with Crippen molar-refractivity contribution in [2.24, 2.45) is 0 Å². The highest BCUT2D eigenvalue weighted by atomic mass is 32.2. The third-order valence-electron chi connectivity index (χ3n) is 3.69. The van der Waals surface area contributed by atoms with Gasteiger partial charge in [-0.3, -0.25) is 5.32 Å². The molecule has 1 aliphatic carbocycles. The van der Waals surface area contributed by atoms with E-state index in [2.05, 4.69) is 49.5 Å². The topological polar surface area (TPSA) is 35.8 Å². The number of thioether (sulfide) groups is 1. The lowest BCUT2D eigenvalue weighted by molar-refractivity contribution is 0.424. The van der Waals surface area contributed by atoms with E-state index in [4.69, 9.17) is 0 Å². The zero-order valence-corrected chi connectivity index (χ0v) is 12.6. The van der Waals surface area contributed by atoms with Crippen LogP contribution in [0.2, 0.25) is 0 Å². The lowest BCUT2D eigenvalue weighted by atomic mass is 10.00. The third kappa shape index (κ3) is 3.75. The van der Waals surface area contributed by atoms with Crippen LogP contribution < -0.4 is 5.32 Å². The molecule has 1 aromatic rings. The van der Waals surface area contributed by atoms with Crippen molar-refractivity contribution >= 4 is 11.8 Å². The summed E-state index contributed by atoms with van der Waals surface area (Å²) in [5.41, 5.74) is 1.02. The Morgan fingerprint density at radius 3 is 3.05 bits per heavy atom. The standard InChI is InChI=1S/C16H22N2S/c1-3-9-18-16(12-17)8-7-15(11-16)19-14-6-4-5-13(2)10-14/h4-6,10,15,18H,3,7-9,11H2,1-2H3.